The molecule has 1 heterocycles. The number of aromatic nitrogens is 1. The summed E-state index contributed by atoms with van der Waals surface area (Å²) in [5, 5.41) is 5.89. The van der Waals surface area contributed by atoms with E-state index in [2.05, 4.69) is 42.3 Å². The van der Waals surface area contributed by atoms with Gasteiger partial charge < -0.3 is 5.32 Å². The van der Waals surface area contributed by atoms with Crippen molar-refractivity contribution in [1.82, 2.24) is 10.3 Å². The van der Waals surface area contributed by atoms with Crippen LogP contribution in [-0.4, -0.2) is 10.9 Å². The zero-order valence-corrected chi connectivity index (χ0v) is 14.7. The standard InChI is InChI=1S/C20H20N2OS/c1-14-6-5-9-16(10-14)20-22-18(13-24-20)11-19(23)21-12-17-8-4-3-7-15(17)2/h3-10,13H,11-12H2,1-2H3,(H,21,23). The highest BCUT2D eigenvalue weighted by molar-refractivity contribution is 7.13. The fourth-order valence-corrected chi connectivity index (χ4v) is 3.34. The molecule has 122 valence electrons. The Bertz CT molecular complexity index is 854. The van der Waals surface area contributed by atoms with Gasteiger partial charge in [-0.25, -0.2) is 4.98 Å². The lowest BCUT2D eigenvalue weighted by molar-refractivity contribution is -0.120. The molecular formula is C20H20N2OS. The molecule has 3 aromatic rings. The van der Waals surface area contributed by atoms with Crippen LogP contribution in [-0.2, 0) is 17.8 Å². The van der Waals surface area contributed by atoms with Gasteiger partial charge in [-0.15, -0.1) is 11.3 Å². The second-order valence-corrected chi connectivity index (χ2v) is 6.75. The first-order valence-electron chi connectivity index (χ1n) is 7.94. The Kier molecular flexibility index (Phi) is 5.06. The minimum atomic E-state index is -0.000606. The van der Waals surface area contributed by atoms with Crippen LogP contribution in [0.5, 0.6) is 0 Å². The summed E-state index contributed by atoms with van der Waals surface area (Å²) in [4.78, 5) is 16.7. The summed E-state index contributed by atoms with van der Waals surface area (Å²) in [7, 11) is 0. The fraction of sp³-hybridized carbons (Fsp3) is 0.200. The molecule has 0 spiro atoms. The van der Waals surface area contributed by atoms with Gasteiger partial charge in [0.1, 0.15) is 5.01 Å². The third kappa shape index (κ3) is 4.09. The van der Waals surface area contributed by atoms with E-state index in [1.54, 1.807) is 11.3 Å². The van der Waals surface area contributed by atoms with Crippen molar-refractivity contribution in [3.63, 3.8) is 0 Å². The quantitative estimate of drug-likeness (QED) is 0.755. The molecule has 0 saturated carbocycles. The SMILES string of the molecule is Cc1cccc(-c2nc(CC(=O)NCc3ccccc3C)cs2)c1. The first kappa shape index (κ1) is 16.4. The van der Waals surface area contributed by atoms with Crippen LogP contribution >= 0.6 is 11.3 Å². The van der Waals surface area contributed by atoms with Gasteiger partial charge in [0.25, 0.3) is 0 Å². The lowest BCUT2D eigenvalue weighted by atomic mass is 10.1. The van der Waals surface area contributed by atoms with Gasteiger partial charge in [-0.1, -0.05) is 48.0 Å². The molecule has 0 saturated heterocycles. The van der Waals surface area contributed by atoms with Crippen molar-refractivity contribution in [2.75, 3.05) is 0 Å². The molecule has 24 heavy (non-hydrogen) atoms. The van der Waals surface area contributed by atoms with E-state index in [4.69, 9.17) is 0 Å². The summed E-state index contributed by atoms with van der Waals surface area (Å²) in [6.45, 7) is 4.67. The van der Waals surface area contributed by atoms with Crippen molar-refractivity contribution in [2.24, 2.45) is 0 Å². The Balaban J connectivity index is 1.60. The van der Waals surface area contributed by atoms with Crippen LogP contribution < -0.4 is 5.32 Å². The summed E-state index contributed by atoms with van der Waals surface area (Å²) in [6, 6.07) is 16.3. The number of thiazole rings is 1. The first-order valence-corrected chi connectivity index (χ1v) is 8.82. The van der Waals surface area contributed by atoms with Gasteiger partial charge in [0.05, 0.1) is 12.1 Å². The molecule has 1 amide bonds. The molecule has 4 heteroatoms. The van der Waals surface area contributed by atoms with Crippen molar-refractivity contribution >= 4 is 17.2 Å². The van der Waals surface area contributed by atoms with Gasteiger partial charge in [0, 0.05) is 17.5 Å². The molecule has 1 aromatic heterocycles. The average Bonchev–Trinajstić information content (AvgIpc) is 3.02. The summed E-state index contributed by atoms with van der Waals surface area (Å²) >= 11 is 1.58. The lowest BCUT2D eigenvalue weighted by Gasteiger charge is -2.07. The Morgan fingerprint density at radius 3 is 2.75 bits per heavy atom. The zero-order chi connectivity index (χ0) is 16.9. The number of carbonyl (C=O) groups excluding carboxylic acids is 1. The number of hydrogen-bond acceptors (Lipinski definition) is 3. The van der Waals surface area contributed by atoms with Gasteiger partial charge >= 0.3 is 0 Å². The van der Waals surface area contributed by atoms with Crippen LogP contribution in [0.1, 0.15) is 22.4 Å². The number of carbonyl (C=O) groups is 1. The maximum Gasteiger partial charge on any atom is 0.226 e. The number of nitrogens with one attached hydrogen (secondary N) is 1. The molecule has 0 fully saturated rings. The Morgan fingerprint density at radius 1 is 1.12 bits per heavy atom. The lowest BCUT2D eigenvalue weighted by Crippen LogP contribution is -2.25. The molecule has 0 radical (unpaired) electrons. The van der Waals surface area contributed by atoms with Gasteiger partial charge in [-0.2, -0.15) is 0 Å². The molecule has 2 aromatic carbocycles. The summed E-state index contributed by atoms with van der Waals surface area (Å²) in [6.07, 6.45) is 0.314. The predicted molar refractivity (Wildman–Crippen MR) is 99.0 cm³/mol. The molecule has 1 N–H and O–H groups in total. The number of aryl methyl sites for hydroxylation is 2. The molecule has 0 unspecified atom stereocenters. The average molecular weight is 336 g/mol. The number of amides is 1. The van der Waals surface area contributed by atoms with E-state index < -0.39 is 0 Å². The van der Waals surface area contributed by atoms with Crippen molar-refractivity contribution in [3.05, 3.63) is 76.3 Å². The van der Waals surface area contributed by atoms with Gasteiger partial charge in [-0.3, -0.25) is 4.79 Å². The van der Waals surface area contributed by atoms with Crippen LogP contribution in [0.15, 0.2) is 53.9 Å². The molecule has 0 aliphatic carbocycles. The number of benzene rings is 2. The highest BCUT2D eigenvalue weighted by Crippen LogP contribution is 2.24. The predicted octanol–water partition coefficient (Wildman–Crippen LogP) is 4.29. The summed E-state index contributed by atoms with van der Waals surface area (Å²) < 4.78 is 0. The van der Waals surface area contributed by atoms with Gasteiger partial charge in [0.2, 0.25) is 5.91 Å². The van der Waals surface area contributed by atoms with Gasteiger partial charge in [-0.05, 0) is 31.0 Å². The van der Waals surface area contributed by atoms with E-state index >= 15 is 0 Å². The molecule has 3 rings (SSSR count). The number of rotatable bonds is 5. The molecule has 0 aliphatic heterocycles. The van der Waals surface area contributed by atoms with Crippen LogP contribution in [0.4, 0.5) is 0 Å². The minimum Gasteiger partial charge on any atom is -0.352 e. The smallest absolute Gasteiger partial charge is 0.226 e. The summed E-state index contributed by atoms with van der Waals surface area (Å²) in [5.41, 5.74) is 5.46. The van der Waals surface area contributed by atoms with Crippen LogP contribution in [0.25, 0.3) is 10.6 Å². The molecule has 0 bridgehead atoms. The third-order valence-corrected chi connectivity index (χ3v) is 4.84. The van der Waals surface area contributed by atoms with Crippen LogP contribution in [0, 0.1) is 13.8 Å². The largest absolute Gasteiger partial charge is 0.352 e. The van der Waals surface area contributed by atoms with Crippen molar-refractivity contribution in [2.45, 2.75) is 26.8 Å². The van der Waals surface area contributed by atoms with E-state index in [1.165, 1.54) is 11.1 Å². The van der Waals surface area contributed by atoms with Crippen LogP contribution in [0.2, 0.25) is 0 Å². The molecule has 0 atom stereocenters. The van der Waals surface area contributed by atoms with E-state index in [0.29, 0.717) is 13.0 Å². The molecule has 3 nitrogen and oxygen atoms in total. The maximum absolute atomic E-state index is 12.2. The van der Waals surface area contributed by atoms with Crippen molar-refractivity contribution in [3.8, 4) is 10.6 Å². The third-order valence-electron chi connectivity index (χ3n) is 3.90. The number of hydrogen-bond donors (Lipinski definition) is 1. The minimum absolute atomic E-state index is 0.000606. The Hall–Kier alpha value is -2.46. The van der Waals surface area contributed by atoms with Crippen molar-refractivity contribution in [1.29, 1.82) is 0 Å². The highest BCUT2D eigenvalue weighted by Gasteiger charge is 2.09. The maximum atomic E-state index is 12.2. The van der Waals surface area contributed by atoms with Crippen LogP contribution in [0.3, 0.4) is 0 Å². The van der Waals surface area contributed by atoms with E-state index in [9.17, 15) is 4.79 Å². The Labute approximate surface area is 146 Å². The summed E-state index contributed by atoms with van der Waals surface area (Å²) in [5.74, 6) is -0.000606. The second kappa shape index (κ2) is 7.41. The molecule has 0 aliphatic rings. The highest BCUT2D eigenvalue weighted by atomic mass is 32.1. The van der Waals surface area contributed by atoms with Gasteiger partial charge in [0.15, 0.2) is 0 Å². The number of nitrogens with zero attached hydrogens (tertiary/aromatic N) is 1. The zero-order valence-electron chi connectivity index (χ0n) is 13.9. The van der Waals surface area contributed by atoms with E-state index in [0.717, 1.165) is 21.8 Å². The van der Waals surface area contributed by atoms with E-state index in [-0.39, 0.29) is 5.91 Å². The van der Waals surface area contributed by atoms with E-state index in [1.807, 2.05) is 35.7 Å². The first-order chi connectivity index (χ1) is 11.6. The second-order valence-electron chi connectivity index (χ2n) is 5.89. The van der Waals surface area contributed by atoms with Crippen molar-refractivity contribution < 1.29 is 4.79 Å². The normalized spacial score (nSPS) is 10.6. The molecular weight excluding hydrogens is 316 g/mol. The fourth-order valence-electron chi connectivity index (χ4n) is 2.53. The monoisotopic (exact) mass is 336 g/mol. The topological polar surface area (TPSA) is 42.0 Å². The Morgan fingerprint density at radius 2 is 1.96 bits per heavy atom.